The second-order valence-electron chi connectivity index (χ2n) is 6.98. The van der Waals surface area contributed by atoms with Gasteiger partial charge in [-0.2, -0.15) is 0 Å². The zero-order chi connectivity index (χ0) is 16.7. The standard InChI is InChI=1S/C15H23N5O4/c1-10-16-17-18-20(10)7-14(21)19-6-11-8-24-5-3-15(11,22)12-9-23-4-2-13(12)19/h11-13,22H,2-9H2,1H3/t11-,12+,13-,15-/m0/s1. The van der Waals surface area contributed by atoms with Crippen molar-refractivity contribution in [2.75, 3.05) is 33.0 Å². The first-order valence-corrected chi connectivity index (χ1v) is 8.49. The number of carbonyl (C=O) groups is 1. The predicted molar refractivity (Wildman–Crippen MR) is 80.9 cm³/mol. The van der Waals surface area contributed by atoms with Gasteiger partial charge in [0, 0.05) is 44.1 Å². The van der Waals surface area contributed by atoms with Gasteiger partial charge in [0.1, 0.15) is 12.4 Å². The van der Waals surface area contributed by atoms with Crippen LogP contribution in [0.2, 0.25) is 0 Å². The minimum absolute atomic E-state index is 0.00221. The Bertz CT molecular complexity index is 623. The lowest BCUT2D eigenvalue weighted by molar-refractivity contribution is -0.219. The SMILES string of the molecule is Cc1nnnn1CC(=O)N1C[C@H]2COCC[C@@]2(O)[C@@H]2COCC[C@@H]21. The number of nitrogens with zero attached hydrogens (tertiary/aromatic N) is 5. The Hall–Kier alpha value is -1.58. The summed E-state index contributed by atoms with van der Waals surface area (Å²) >= 11 is 0. The van der Waals surface area contributed by atoms with Gasteiger partial charge in [-0.05, 0) is 23.8 Å². The van der Waals surface area contributed by atoms with Crippen molar-refractivity contribution in [3.63, 3.8) is 0 Å². The fourth-order valence-electron chi connectivity index (χ4n) is 4.36. The van der Waals surface area contributed by atoms with Crippen molar-refractivity contribution in [1.82, 2.24) is 25.1 Å². The summed E-state index contributed by atoms with van der Waals surface area (Å²) in [4.78, 5) is 14.8. The first kappa shape index (κ1) is 15.9. The van der Waals surface area contributed by atoms with Gasteiger partial charge in [-0.1, -0.05) is 0 Å². The Balaban J connectivity index is 1.58. The van der Waals surface area contributed by atoms with Gasteiger partial charge in [0.2, 0.25) is 5.91 Å². The van der Waals surface area contributed by atoms with Crippen LogP contribution in [0, 0.1) is 18.8 Å². The summed E-state index contributed by atoms with van der Waals surface area (Å²) in [6.45, 7) is 4.56. The summed E-state index contributed by atoms with van der Waals surface area (Å²) in [6, 6.07) is 0.00221. The van der Waals surface area contributed by atoms with Crippen LogP contribution in [0.3, 0.4) is 0 Å². The molecule has 0 unspecified atom stereocenters. The van der Waals surface area contributed by atoms with Crippen LogP contribution in [0.15, 0.2) is 0 Å². The van der Waals surface area contributed by atoms with Crippen LogP contribution in [0.5, 0.6) is 0 Å². The fourth-order valence-corrected chi connectivity index (χ4v) is 4.36. The lowest BCUT2D eigenvalue weighted by atomic mass is 9.66. The summed E-state index contributed by atoms with van der Waals surface area (Å²) in [6.07, 6.45) is 1.36. The Labute approximate surface area is 139 Å². The van der Waals surface area contributed by atoms with Gasteiger partial charge < -0.3 is 19.5 Å². The first-order valence-electron chi connectivity index (χ1n) is 8.49. The minimum atomic E-state index is -0.801. The summed E-state index contributed by atoms with van der Waals surface area (Å²) < 4.78 is 12.7. The van der Waals surface area contributed by atoms with E-state index in [4.69, 9.17) is 9.47 Å². The van der Waals surface area contributed by atoms with Crippen molar-refractivity contribution in [3.05, 3.63) is 5.82 Å². The number of hydrogen-bond acceptors (Lipinski definition) is 7. The lowest BCUT2D eigenvalue weighted by Crippen LogP contribution is -2.69. The molecule has 4 atom stereocenters. The molecule has 1 N–H and O–H groups in total. The van der Waals surface area contributed by atoms with Crippen LogP contribution >= 0.6 is 0 Å². The topological polar surface area (TPSA) is 103 Å². The molecule has 1 aromatic heterocycles. The molecule has 1 aromatic rings. The fraction of sp³-hybridized carbons (Fsp3) is 0.867. The first-order chi connectivity index (χ1) is 11.6. The predicted octanol–water partition coefficient (Wildman–Crippen LogP) is -1.00. The van der Waals surface area contributed by atoms with Gasteiger partial charge >= 0.3 is 0 Å². The number of likely N-dealkylation sites (tertiary alicyclic amines) is 1. The van der Waals surface area contributed by atoms with Crippen LogP contribution in [0.4, 0.5) is 0 Å². The molecule has 0 spiro atoms. The summed E-state index contributed by atoms with van der Waals surface area (Å²) in [5.74, 6) is 0.456. The van der Waals surface area contributed by atoms with Crippen molar-refractivity contribution in [3.8, 4) is 0 Å². The molecular weight excluding hydrogens is 314 g/mol. The average molecular weight is 337 g/mol. The van der Waals surface area contributed by atoms with Crippen LogP contribution in [0.1, 0.15) is 18.7 Å². The number of amides is 1. The number of tetrazole rings is 1. The monoisotopic (exact) mass is 337 g/mol. The molecule has 1 amide bonds. The molecule has 9 heteroatoms. The number of ether oxygens (including phenoxy) is 2. The van der Waals surface area contributed by atoms with E-state index in [0.717, 1.165) is 6.42 Å². The number of carbonyl (C=O) groups excluding carboxylic acids is 1. The maximum atomic E-state index is 12.9. The van der Waals surface area contributed by atoms with Gasteiger partial charge in [-0.15, -0.1) is 5.10 Å². The van der Waals surface area contributed by atoms with Gasteiger partial charge in [0.05, 0.1) is 18.8 Å². The Morgan fingerprint density at radius 3 is 3.00 bits per heavy atom. The van der Waals surface area contributed by atoms with E-state index in [2.05, 4.69) is 15.5 Å². The highest BCUT2D eigenvalue weighted by atomic mass is 16.5. The largest absolute Gasteiger partial charge is 0.389 e. The molecule has 0 aromatic carbocycles. The number of hydrogen-bond donors (Lipinski definition) is 1. The van der Waals surface area contributed by atoms with Crippen molar-refractivity contribution in [1.29, 1.82) is 0 Å². The van der Waals surface area contributed by atoms with E-state index < -0.39 is 5.60 Å². The second-order valence-corrected chi connectivity index (χ2v) is 6.98. The van der Waals surface area contributed by atoms with Crippen molar-refractivity contribution in [2.24, 2.45) is 11.8 Å². The zero-order valence-electron chi connectivity index (χ0n) is 13.8. The molecule has 3 aliphatic rings. The van der Waals surface area contributed by atoms with Gasteiger partial charge in [0.25, 0.3) is 0 Å². The van der Waals surface area contributed by atoms with Crippen LogP contribution < -0.4 is 0 Å². The molecule has 3 aliphatic heterocycles. The number of aromatic nitrogens is 4. The van der Waals surface area contributed by atoms with Crippen LogP contribution in [0.25, 0.3) is 0 Å². The quantitative estimate of drug-likeness (QED) is 0.738. The maximum absolute atomic E-state index is 12.9. The molecule has 4 heterocycles. The molecular formula is C15H23N5O4. The summed E-state index contributed by atoms with van der Waals surface area (Å²) in [5.41, 5.74) is -0.801. The number of rotatable bonds is 2. The molecule has 0 bridgehead atoms. The Morgan fingerprint density at radius 2 is 2.21 bits per heavy atom. The number of fused-ring (bicyclic) bond motifs is 3. The third-order valence-corrected chi connectivity index (χ3v) is 5.77. The van der Waals surface area contributed by atoms with E-state index >= 15 is 0 Å². The third kappa shape index (κ3) is 2.51. The molecule has 0 aliphatic carbocycles. The molecule has 3 saturated heterocycles. The molecule has 24 heavy (non-hydrogen) atoms. The number of piperidine rings is 1. The van der Waals surface area contributed by atoms with Crippen molar-refractivity contribution >= 4 is 5.91 Å². The Morgan fingerprint density at radius 1 is 1.38 bits per heavy atom. The normalized spacial score (nSPS) is 36.1. The van der Waals surface area contributed by atoms with E-state index in [9.17, 15) is 9.90 Å². The van der Waals surface area contributed by atoms with Crippen LogP contribution in [-0.4, -0.2) is 80.7 Å². The summed E-state index contributed by atoms with van der Waals surface area (Å²) in [5, 5.41) is 22.5. The molecule has 4 rings (SSSR count). The van der Waals surface area contributed by atoms with Crippen LogP contribution in [-0.2, 0) is 20.8 Å². The second kappa shape index (κ2) is 6.05. The smallest absolute Gasteiger partial charge is 0.244 e. The lowest BCUT2D eigenvalue weighted by Gasteiger charge is -2.57. The molecule has 0 radical (unpaired) electrons. The third-order valence-electron chi connectivity index (χ3n) is 5.77. The van der Waals surface area contributed by atoms with Gasteiger partial charge in [-0.25, -0.2) is 4.68 Å². The number of aliphatic hydroxyl groups is 1. The van der Waals surface area contributed by atoms with E-state index in [1.807, 2.05) is 4.90 Å². The zero-order valence-corrected chi connectivity index (χ0v) is 13.8. The molecule has 0 saturated carbocycles. The van der Waals surface area contributed by atoms with E-state index in [1.165, 1.54) is 4.68 Å². The van der Waals surface area contributed by atoms with Crippen molar-refractivity contribution in [2.45, 2.75) is 38.0 Å². The van der Waals surface area contributed by atoms with Gasteiger partial charge in [-0.3, -0.25) is 4.79 Å². The summed E-state index contributed by atoms with van der Waals surface area (Å²) in [7, 11) is 0. The average Bonchev–Trinajstić information content (AvgIpc) is 2.99. The highest BCUT2D eigenvalue weighted by Gasteiger charge is 2.56. The molecule has 3 fully saturated rings. The van der Waals surface area contributed by atoms with E-state index in [1.54, 1.807) is 6.92 Å². The van der Waals surface area contributed by atoms with E-state index in [0.29, 0.717) is 45.2 Å². The van der Waals surface area contributed by atoms with E-state index in [-0.39, 0.29) is 30.3 Å². The molecule has 9 nitrogen and oxygen atoms in total. The highest BCUT2D eigenvalue weighted by molar-refractivity contribution is 5.76. The highest BCUT2D eigenvalue weighted by Crippen LogP contribution is 2.44. The van der Waals surface area contributed by atoms with Crippen molar-refractivity contribution < 1.29 is 19.4 Å². The van der Waals surface area contributed by atoms with Gasteiger partial charge in [0.15, 0.2) is 0 Å². The minimum Gasteiger partial charge on any atom is -0.389 e. The maximum Gasteiger partial charge on any atom is 0.244 e. The molecule has 132 valence electrons. The Kier molecular flexibility index (Phi) is 4.01. The number of aryl methyl sites for hydroxylation is 1.